The maximum absolute atomic E-state index is 13.9. The summed E-state index contributed by atoms with van der Waals surface area (Å²) in [5.74, 6) is -0.172. The Bertz CT molecular complexity index is 881. The summed E-state index contributed by atoms with van der Waals surface area (Å²) in [6.07, 6.45) is 0.757. The van der Waals surface area contributed by atoms with Crippen molar-refractivity contribution in [3.05, 3.63) is 65.5 Å². The summed E-state index contributed by atoms with van der Waals surface area (Å²) >= 11 is 0. The predicted octanol–water partition coefficient (Wildman–Crippen LogP) is 2.77. The lowest BCUT2D eigenvalue weighted by Crippen LogP contribution is -2.47. The van der Waals surface area contributed by atoms with Gasteiger partial charge in [-0.3, -0.25) is 4.90 Å². The van der Waals surface area contributed by atoms with Crippen LogP contribution in [0.25, 0.3) is 0 Å². The number of para-hydroxylation sites is 1. The highest BCUT2D eigenvalue weighted by Crippen LogP contribution is 2.20. The van der Waals surface area contributed by atoms with Crippen molar-refractivity contribution < 1.29 is 12.8 Å². The van der Waals surface area contributed by atoms with Crippen molar-refractivity contribution in [2.75, 3.05) is 44.2 Å². The first-order valence-electron chi connectivity index (χ1n) is 9.68. The van der Waals surface area contributed by atoms with Gasteiger partial charge in [0.1, 0.15) is 5.82 Å². The first-order valence-corrected chi connectivity index (χ1v) is 11.3. The Balaban J connectivity index is 1.37. The van der Waals surface area contributed by atoms with Crippen molar-refractivity contribution in [1.29, 1.82) is 0 Å². The van der Waals surface area contributed by atoms with E-state index in [9.17, 15) is 12.8 Å². The van der Waals surface area contributed by atoms with Crippen molar-refractivity contribution in [1.82, 2.24) is 9.62 Å². The molecule has 2 aromatic carbocycles. The summed E-state index contributed by atoms with van der Waals surface area (Å²) in [5.41, 5.74) is 2.52. The molecular formula is C21H28FN3O2S. The zero-order chi connectivity index (χ0) is 20.0. The van der Waals surface area contributed by atoms with Crippen LogP contribution in [0.2, 0.25) is 0 Å². The summed E-state index contributed by atoms with van der Waals surface area (Å²) < 4.78 is 41.0. The molecule has 1 aliphatic rings. The SMILES string of the molecule is Cc1cccc(CS(=O)(=O)NCCCN2CCN(c3ccccc3F)CC2)c1. The molecule has 1 saturated heterocycles. The van der Waals surface area contributed by atoms with Crippen LogP contribution in [0.4, 0.5) is 10.1 Å². The summed E-state index contributed by atoms with van der Waals surface area (Å²) in [4.78, 5) is 4.36. The van der Waals surface area contributed by atoms with Crippen molar-refractivity contribution in [2.24, 2.45) is 0 Å². The van der Waals surface area contributed by atoms with Crippen LogP contribution in [-0.2, 0) is 15.8 Å². The maximum Gasteiger partial charge on any atom is 0.215 e. The van der Waals surface area contributed by atoms with Gasteiger partial charge >= 0.3 is 0 Å². The van der Waals surface area contributed by atoms with Crippen molar-refractivity contribution in [3.8, 4) is 0 Å². The van der Waals surface area contributed by atoms with E-state index < -0.39 is 10.0 Å². The molecule has 1 fully saturated rings. The first kappa shape index (κ1) is 20.8. The Kier molecular flexibility index (Phi) is 7.04. The number of piperazine rings is 1. The van der Waals surface area contributed by atoms with E-state index >= 15 is 0 Å². The Morgan fingerprint density at radius 1 is 1.04 bits per heavy atom. The number of nitrogens with zero attached hydrogens (tertiary/aromatic N) is 2. The van der Waals surface area contributed by atoms with Gasteiger partial charge in [-0.05, 0) is 37.6 Å². The van der Waals surface area contributed by atoms with Crippen LogP contribution in [0, 0.1) is 12.7 Å². The molecule has 0 amide bonds. The molecule has 0 atom stereocenters. The van der Waals surface area contributed by atoms with Gasteiger partial charge in [-0.2, -0.15) is 0 Å². The molecule has 0 unspecified atom stereocenters. The second kappa shape index (κ2) is 9.49. The van der Waals surface area contributed by atoms with E-state index in [1.54, 1.807) is 6.07 Å². The molecule has 3 rings (SSSR count). The molecule has 1 heterocycles. The van der Waals surface area contributed by atoms with Crippen LogP contribution >= 0.6 is 0 Å². The second-order valence-corrected chi connectivity index (χ2v) is 9.08. The van der Waals surface area contributed by atoms with Gasteiger partial charge in [0.15, 0.2) is 0 Å². The Morgan fingerprint density at radius 3 is 2.50 bits per heavy atom. The minimum absolute atomic E-state index is 0.00991. The zero-order valence-electron chi connectivity index (χ0n) is 16.3. The fourth-order valence-corrected chi connectivity index (χ4v) is 4.70. The van der Waals surface area contributed by atoms with Crippen LogP contribution in [0.1, 0.15) is 17.5 Å². The van der Waals surface area contributed by atoms with E-state index in [1.165, 1.54) is 6.07 Å². The van der Waals surface area contributed by atoms with Crippen LogP contribution in [0.3, 0.4) is 0 Å². The lowest BCUT2D eigenvalue weighted by Gasteiger charge is -2.36. The van der Waals surface area contributed by atoms with E-state index in [2.05, 4.69) is 14.5 Å². The molecule has 0 bridgehead atoms. The topological polar surface area (TPSA) is 52.7 Å². The zero-order valence-corrected chi connectivity index (χ0v) is 17.1. The van der Waals surface area contributed by atoms with Gasteiger partial charge in [-0.15, -0.1) is 0 Å². The average molecular weight is 406 g/mol. The molecule has 2 aromatic rings. The third-order valence-corrected chi connectivity index (χ3v) is 6.34. The number of hydrogen-bond acceptors (Lipinski definition) is 4. The third-order valence-electron chi connectivity index (χ3n) is 4.98. The monoisotopic (exact) mass is 405 g/mol. The molecule has 152 valence electrons. The summed E-state index contributed by atoms with van der Waals surface area (Å²) in [5, 5.41) is 0. The van der Waals surface area contributed by atoms with E-state index in [0.717, 1.165) is 50.3 Å². The second-order valence-electron chi connectivity index (χ2n) is 7.28. The van der Waals surface area contributed by atoms with Gasteiger partial charge < -0.3 is 4.90 Å². The lowest BCUT2D eigenvalue weighted by molar-refractivity contribution is 0.255. The number of anilines is 1. The fraction of sp³-hybridized carbons (Fsp3) is 0.429. The molecule has 1 aliphatic heterocycles. The van der Waals surface area contributed by atoms with Crippen LogP contribution < -0.4 is 9.62 Å². The highest BCUT2D eigenvalue weighted by molar-refractivity contribution is 7.88. The van der Waals surface area contributed by atoms with E-state index in [0.29, 0.717) is 12.2 Å². The Morgan fingerprint density at radius 2 is 1.79 bits per heavy atom. The van der Waals surface area contributed by atoms with Gasteiger partial charge in [0.25, 0.3) is 0 Å². The number of nitrogens with one attached hydrogen (secondary N) is 1. The molecular weight excluding hydrogens is 377 g/mol. The van der Waals surface area contributed by atoms with Gasteiger partial charge in [-0.25, -0.2) is 17.5 Å². The number of rotatable bonds is 8. The first-order chi connectivity index (χ1) is 13.4. The number of sulfonamides is 1. The molecule has 0 spiro atoms. The maximum atomic E-state index is 13.9. The normalized spacial score (nSPS) is 15.7. The number of hydrogen-bond donors (Lipinski definition) is 1. The van der Waals surface area contributed by atoms with Crippen LogP contribution in [0.15, 0.2) is 48.5 Å². The Labute approximate surface area is 167 Å². The quantitative estimate of drug-likeness (QED) is 0.686. The number of aryl methyl sites for hydroxylation is 1. The molecule has 5 nitrogen and oxygen atoms in total. The smallest absolute Gasteiger partial charge is 0.215 e. The van der Waals surface area contributed by atoms with Gasteiger partial charge in [0.05, 0.1) is 11.4 Å². The van der Waals surface area contributed by atoms with Gasteiger partial charge in [0.2, 0.25) is 10.0 Å². The molecule has 28 heavy (non-hydrogen) atoms. The molecule has 0 aromatic heterocycles. The van der Waals surface area contributed by atoms with Gasteiger partial charge in [0, 0.05) is 32.7 Å². The van der Waals surface area contributed by atoms with E-state index in [1.807, 2.05) is 43.3 Å². The highest BCUT2D eigenvalue weighted by Gasteiger charge is 2.19. The Hall–Kier alpha value is -1.96. The lowest BCUT2D eigenvalue weighted by atomic mass is 10.2. The van der Waals surface area contributed by atoms with E-state index in [-0.39, 0.29) is 11.6 Å². The van der Waals surface area contributed by atoms with Crippen LogP contribution in [-0.4, -0.2) is 52.6 Å². The van der Waals surface area contributed by atoms with Crippen molar-refractivity contribution in [3.63, 3.8) is 0 Å². The minimum Gasteiger partial charge on any atom is -0.367 e. The summed E-state index contributed by atoms with van der Waals surface area (Å²) in [6, 6.07) is 14.4. The largest absolute Gasteiger partial charge is 0.367 e. The molecule has 0 saturated carbocycles. The molecule has 1 N–H and O–H groups in total. The summed E-state index contributed by atoms with van der Waals surface area (Å²) in [7, 11) is -3.32. The predicted molar refractivity (Wildman–Crippen MR) is 111 cm³/mol. The minimum atomic E-state index is -3.32. The van der Waals surface area contributed by atoms with Crippen molar-refractivity contribution >= 4 is 15.7 Å². The number of benzene rings is 2. The van der Waals surface area contributed by atoms with Crippen molar-refractivity contribution in [2.45, 2.75) is 19.1 Å². The molecule has 0 radical (unpaired) electrons. The average Bonchev–Trinajstić information content (AvgIpc) is 2.66. The van der Waals surface area contributed by atoms with Gasteiger partial charge in [-0.1, -0.05) is 42.0 Å². The third kappa shape index (κ3) is 6.02. The molecule has 0 aliphatic carbocycles. The van der Waals surface area contributed by atoms with E-state index in [4.69, 9.17) is 0 Å². The fourth-order valence-electron chi connectivity index (χ4n) is 3.52. The highest BCUT2D eigenvalue weighted by atomic mass is 32.2. The van der Waals surface area contributed by atoms with Crippen LogP contribution in [0.5, 0.6) is 0 Å². The summed E-state index contributed by atoms with van der Waals surface area (Å²) in [6.45, 7) is 6.48. The standard InChI is InChI=1S/C21H28FN3O2S/c1-18-6-4-7-19(16-18)17-28(26,27)23-10-5-11-24-12-14-25(15-13-24)21-9-3-2-8-20(21)22/h2-4,6-9,16,23H,5,10-15,17H2,1H3. The molecule has 7 heteroatoms. The number of halogens is 1.